The van der Waals surface area contributed by atoms with Crippen LogP contribution in [-0.4, -0.2) is 40.5 Å². The van der Waals surface area contributed by atoms with E-state index in [1.807, 2.05) is 36.4 Å². The van der Waals surface area contributed by atoms with Crippen LogP contribution in [0.2, 0.25) is 0 Å². The third kappa shape index (κ3) is 2.85. The van der Waals surface area contributed by atoms with Crippen molar-refractivity contribution in [3.8, 4) is 0 Å². The largest absolute Gasteiger partial charge is 0.391 e. The molecule has 0 bridgehead atoms. The molecule has 0 spiro atoms. The molecule has 2 aliphatic rings. The molecule has 4 rings (SSSR count). The smallest absolute Gasteiger partial charge is 0.256 e. The number of benzene rings is 2. The van der Waals surface area contributed by atoms with E-state index in [2.05, 4.69) is 15.9 Å². The highest BCUT2D eigenvalue weighted by molar-refractivity contribution is 9.10. The lowest BCUT2D eigenvalue weighted by Crippen LogP contribution is -2.44. The maximum Gasteiger partial charge on any atom is 0.256 e. The van der Waals surface area contributed by atoms with Gasteiger partial charge >= 0.3 is 0 Å². The maximum absolute atomic E-state index is 13.2. The molecule has 128 valence electrons. The molecule has 1 N–H and O–H groups in total. The summed E-state index contributed by atoms with van der Waals surface area (Å²) in [5.74, 6) is -0.332. The lowest BCUT2D eigenvalue weighted by atomic mass is 10.1. The van der Waals surface area contributed by atoms with Gasteiger partial charge in [0.2, 0.25) is 5.91 Å². The number of para-hydroxylation sites is 1. The minimum atomic E-state index is -0.655. The van der Waals surface area contributed by atoms with Crippen LogP contribution in [0.25, 0.3) is 0 Å². The van der Waals surface area contributed by atoms with Gasteiger partial charge in [-0.1, -0.05) is 40.2 Å². The van der Waals surface area contributed by atoms with Crippen LogP contribution in [0.1, 0.15) is 22.3 Å². The molecule has 0 radical (unpaired) electrons. The molecule has 0 aliphatic carbocycles. The average molecular weight is 401 g/mol. The van der Waals surface area contributed by atoms with E-state index in [0.29, 0.717) is 17.8 Å². The number of carbonyl (C=O) groups excluding carboxylic acids is 2. The van der Waals surface area contributed by atoms with Crippen molar-refractivity contribution in [3.05, 3.63) is 64.1 Å². The van der Waals surface area contributed by atoms with Crippen LogP contribution in [0.15, 0.2) is 53.0 Å². The molecule has 2 aromatic rings. The van der Waals surface area contributed by atoms with Gasteiger partial charge in [-0.25, -0.2) is 0 Å². The van der Waals surface area contributed by atoms with Gasteiger partial charge < -0.3 is 14.9 Å². The second kappa shape index (κ2) is 6.28. The molecule has 2 heterocycles. The van der Waals surface area contributed by atoms with Crippen LogP contribution in [0.3, 0.4) is 0 Å². The molecule has 0 aromatic heterocycles. The Labute approximate surface area is 154 Å². The number of amides is 2. The highest BCUT2D eigenvalue weighted by atomic mass is 79.9. The fourth-order valence-electron chi connectivity index (χ4n) is 3.55. The highest BCUT2D eigenvalue weighted by Crippen LogP contribution is 2.33. The zero-order chi connectivity index (χ0) is 17.6. The van der Waals surface area contributed by atoms with Crippen molar-refractivity contribution in [3.63, 3.8) is 0 Å². The first-order valence-electron chi connectivity index (χ1n) is 8.18. The van der Waals surface area contributed by atoms with Crippen molar-refractivity contribution < 1.29 is 14.7 Å². The Hall–Kier alpha value is -2.18. The highest BCUT2D eigenvalue weighted by Gasteiger charge is 2.44. The monoisotopic (exact) mass is 400 g/mol. The van der Waals surface area contributed by atoms with Crippen LogP contribution >= 0.6 is 15.9 Å². The fourth-order valence-corrected chi connectivity index (χ4v) is 3.82. The maximum atomic E-state index is 13.2. The number of anilines is 1. The standard InChI is InChI=1S/C19H17BrN2O3/c20-13-7-5-12(6-8-13)10-21-16-4-2-1-3-15(16)18(24)22-11-14(23)9-17(22)19(21)25/h1-8,14,17,23H,9-11H2/t14-,17+/m1/s1. The molecule has 2 aliphatic heterocycles. The van der Waals surface area contributed by atoms with Gasteiger partial charge in [-0.15, -0.1) is 0 Å². The van der Waals surface area contributed by atoms with Gasteiger partial charge in [0.25, 0.3) is 5.91 Å². The summed E-state index contributed by atoms with van der Waals surface area (Å²) in [5, 5.41) is 9.97. The minimum Gasteiger partial charge on any atom is -0.391 e. The quantitative estimate of drug-likeness (QED) is 0.842. The normalized spacial score (nSPS) is 22.6. The first kappa shape index (κ1) is 16.3. The second-order valence-electron chi connectivity index (χ2n) is 6.43. The summed E-state index contributed by atoms with van der Waals surface area (Å²) in [6.07, 6.45) is -0.368. The Morgan fingerprint density at radius 3 is 2.56 bits per heavy atom. The van der Waals surface area contributed by atoms with E-state index in [-0.39, 0.29) is 24.8 Å². The Bertz CT molecular complexity index is 837. The van der Waals surface area contributed by atoms with Gasteiger partial charge in [-0.3, -0.25) is 9.59 Å². The molecule has 2 aromatic carbocycles. The van der Waals surface area contributed by atoms with Gasteiger partial charge in [0.05, 0.1) is 23.9 Å². The zero-order valence-electron chi connectivity index (χ0n) is 13.4. The number of rotatable bonds is 2. The Morgan fingerprint density at radius 1 is 1.08 bits per heavy atom. The van der Waals surface area contributed by atoms with Crippen LogP contribution in [0.5, 0.6) is 0 Å². The van der Waals surface area contributed by atoms with Crippen LogP contribution in [0, 0.1) is 0 Å². The number of halogens is 1. The predicted molar refractivity (Wildman–Crippen MR) is 97.2 cm³/mol. The van der Waals surface area contributed by atoms with Crippen molar-refractivity contribution in [2.75, 3.05) is 11.4 Å². The minimum absolute atomic E-state index is 0.141. The molecular weight excluding hydrogens is 384 g/mol. The molecule has 2 atom stereocenters. The summed E-state index contributed by atoms with van der Waals surface area (Å²) in [7, 11) is 0. The first-order chi connectivity index (χ1) is 12.0. The van der Waals surface area contributed by atoms with E-state index in [0.717, 1.165) is 10.0 Å². The predicted octanol–water partition coefficient (Wildman–Crippen LogP) is 2.57. The molecule has 2 amide bonds. The summed E-state index contributed by atoms with van der Waals surface area (Å²) < 4.78 is 0.971. The molecule has 6 heteroatoms. The van der Waals surface area contributed by atoms with E-state index in [4.69, 9.17) is 0 Å². The Morgan fingerprint density at radius 2 is 1.80 bits per heavy atom. The number of aliphatic hydroxyl groups excluding tert-OH is 1. The van der Waals surface area contributed by atoms with Crippen LogP contribution < -0.4 is 4.90 Å². The number of hydrogen-bond acceptors (Lipinski definition) is 3. The van der Waals surface area contributed by atoms with Crippen LogP contribution in [0.4, 0.5) is 5.69 Å². The summed E-state index contributed by atoms with van der Waals surface area (Å²) >= 11 is 3.41. The van der Waals surface area contributed by atoms with E-state index in [9.17, 15) is 14.7 Å². The van der Waals surface area contributed by atoms with Gasteiger partial charge in [0.15, 0.2) is 0 Å². The van der Waals surface area contributed by atoms with Crippen molar-refractivity contribution in [2.45, 2.75) is 25.1 Å². The average Bonchev–Trinajstić information content (AvgIpc) is 2.99. The lowest BCUT2D eigenvalue weighted by Gasteiger charge is -2.26. The molecule has 0 unspecified atom stereocenters. The van der Waals surface area contributed by atoms with Gasteiger partial charge in [-0.05, 0) is 29.8 Å². The molecule has 1 saturated heterocycles. The van der Waals surface area contributed by atoms with E-state index in [1.54, 1.807) is 17.0 Å². The van der Waals surface area contributed by atoms with Crippen molar-refractivity contribution in [2.24, 2.45) is 0 Å². The number of fused-ring (bicyclic) bond motifs is 2. The summed E-state index contributed by atoms with van der Waals surface area (Å²) in [5.41, 5.74) is 2.11. The van der Waals surface area contributed by atoms with E-state index < -0.39 is 12.1 Å². The number of aliphatic hydroxyl groups is 1. The summed E-state index contributed by atoms with van der Waals surface area (Å²) in [4.78, 5) is 29.2. The first-order valence-corrected chi connectivity index (χ1v) is 8.98. The molecule has 25 heavy (non-hydrogen) atoms. The van der Waals surface area contributed by atoms with Crippen molar-refractivity contribution >= 4 is 33.4 Å². The van der Waals surface area contributed by atoms with Gasteiger partial charge in [-0.2, -0.15) is 0 Å². The summed E-state index contributed by atoms with van der Waals surface area (Å²) in [6.45, 7) is 0.590. The zero-order valence-corrected chi connectivity index (χ0v) is 15.0. The topological polar surface area (TPSA) is 60.9 Å². The van der Waals surface area contributed by atoms with Crippen molar-refractivity contribution in [1.29, 1.82) is 0 Å². The fraction of sp³-hybridized carbons (Fsp3) is 0.263. The molecule has 5 nitrogen and oxygen atoms in total. The summed E-state index contributed by atoms with van der Waals surface area (Å²) in [6, 6.07) is 14.3. The number of carbonyl (C=O) groups is 2. The van der Waals surface area contributed by atoms with Gasteiger partial charge in [0.1, 0.15) is 6.04 Å². The molecule has 1 fully saturated rings. The van der Waals surface area contributed by atoms with Gasteiger partial charge in [0, 0.05) is 17.4 Å². The number of nitrogens with zero attached hydrogens (tertiary/aromatic N) is 2. The lowest BCUT2D eigenvalue weighted by molar-refractivity contribution is -0.122. The SMILES string of the molecule is O=C1[C@@H]2C[C@@H](O)CN2C(=O)c2ccccc2N1Cc1ccc(Br)cc1. The van der Waals surface area contributed by atoms with Crippen LogP contribution in [-0.2, 0) is 11.3 Å². The Kier molecular flexibility index (Phi) is 4.09. The molecular formula is C19H17BrN2O3. The van der Waals surface area contributed by atoms with Crippen molar-refractivity contribution in [1.82, 2.24) is 4.90 Å². The second-order valence-corrected chi connectivity index (χ2v) is 7.35. The third-order valence-electron chi connectivity index (χ3n) is 4.77. The van der Waals surface area contributed by atoms with E-state index in [1.165, 1.54) is 4.90 Å². The Balaban J connectivity index is 1.78. The van der Waals surface area contributed by atoms with E-state index >= 15 is 0 Å². The third-order valence-corrected chi connectivity index (χ3v) is 5.30. The molecule has 0 saturated carbocycles. The number of hydrogen-bond donors (Lipinski definition) is 1.